The summed E-state index contributed by atoms with van der Waals surface area (Å²) < 4.78 is 11.9. The predicted molar refractivity (Wildman–Crippen MR) is 69.0 cm³/mol. The van der Waals surface area contributed by atoms with E-state index in [1.165, 1.54) is 6.42 Å². The van der Waals surface area contributed by atoms with Crippen LogP contribution in [-0.4, -0.2) is 29.1 Å². The molecule has 0 radical (unpaired) electrons. The summed E-state index contributed by atoms with van der Waals surface area (Å²) in [7, 11) is 0. The van der Waals surface area contributed by atoms with E-state index in [-0.39, 0.29) is 11.8 Å². The second-order valence-corrected chi connectivity index (χ2v) is 7.30. The van der Waals surface area contributed by atoms with Crippen LogP contribution < -0.4 is 0 Å². The van der Waals surface area contributed by atoms with Gasteiger partial charge in [0.25, 0.3) is 0 Å². The highest BCUT2D eigenvalue weighted by atomic mass is 17.3. The SMILES string of the molecule is CC1CCC2[C@@H](C)[C@@H](O)O[C@@H]3O[C@]4(C)CCC1[C@@]23OO4. The molecule has 0 amide bonds. The van der Waals surface area contributed by atoms with Crippen LogP contribution in [-0.2, 0) is 19.2 Å². The number of hydrogen-bond donors (Lipinski definition) is 1. The minimum absolute atomic E-state index is 0.0379. The molecule has 1 saturated carbocycles. The van der Waals surface area contributed by atoms with Crippen LogP contribution in [0.3, 0.4) is 0 Å². The van der Waals surface area contributed by atoms with Crippen molar-refractivity contribution in [1.82, 2.24) is 0 Å². The molecule has 5 fully saturated rings. The van der Waals surface area contributed by atoms with Crippen molar-refractivity contribution in [3.05, 3.63) is 0 Å². The van der Waals surface area contributed by atoms with Crippen molar-refractivity contribution >= 4 is 0 Å². The molecule has 0 aromatic carbocycles. The first-order chi connectivity index (χ1) is 9.46. The largest absolute Gasteiger partial charge is 0.368 e. The lowest BCUT2D eigenvalue weighted by atomic mass is 9.58. The number of ether oxygens (including phenoxy) is 2. The topological polar surface area (TPSA) is 57.2 Å². The van der Waals surface area contributed by atoms with E-state index >= 15 is 0 Å². The Labute approximate surface area is 119 Å². The Hall–Kier alpha value is -0.200. The molecule has 4 aliphatic heterocycles. The van der Waals surface area contributed by atoms with Crippen molar-refractivity contribution in [2.24, 2.45) is 23.7 Å². The highest BCUT2D eigenvalue weighted by molar-refractivity contribution is 5.08. The van der Waals surface area contributed by atoms with Crippen LogP contribution in [0.5, 0.6) is 0 Å². The van der Waals surface area contributed by atoms with Crippen molar-refractivity contribution in [2.45, 2.75) is 70.4 Å². The fraction of sp³-hybridized carbons (Fsp3) is 1.00. The minimum atomic E-state index is -0.781. The molecular formula is C15H24O5. The Bertz CT molecular complexity index is 411. The fourth-order valence-electron chi connectivity index (χ4n) is 4.89. The van der Waals surface area contributed by atoms with E-state index in [1.807, 2.05) is 13.8 Å². The summed E-state index contributed by atoms with van der Waals surface area (Å²) in [6.07, 6.45) is 2.72. The van der Waals surface area contributed by atoms with E-state index in [0.717, 1.165) is 19.3 Å². The molecule has 114 valence electrons. The van der Waals surface area contributed by atoms with Crippen LogP contribution in [0.2, 0.25) is 0 Å². The van der Waals surface area contributed by atoms with Crippen molar-refractivity contribution in [3.8, 4) is 0 Å². The smallest absolute Gasteiger partial charge is 0.201 e. The Morgan fingerprint density at radius 2 is 1.85 bits per heavy atom. The van der Waals surface area contributed by atoms with E-state index in [2.05, 4.69) is 6.92 Å². The van der Waals surface area contributed by atoms with Gasteiger partial charge in [0.1, 0.15) is 0 Å². The van der Waals surface area contributed by atoms with Gasteiger partial charge in [-0.1, -0.05) is 13.8 Å². The molecule has 1 aliphatic carbocycles. The molecule has 5 heteroatoms. The van der Waals surface area contributed by atoms with Gasteiger partial charge in [-0.05, 0) is 38.0 Å². The van der Waals surface area contributed by atoms with Gasteiger partial charge in [0.2, 0.25) is 5.79 Å². The average molecular weight is 284 g/mol. The first kappa shape index (κ1) is 13.5. The molecule has 5 aliphatic rings. The molecule has 5 rings (SSSR count). The normalized spacial score (nSPS) is 61.8. The Kier molecular flexibility index (Phi) is 2.81. The molecule has 0 aromatic rings. The maximum Gasteiger partial charge on any atom is 0.201 e. The van der Waals surface area contributed by atoms with Gasteiger partial charge in [0.15, 0.2) is 18.2 Å². The second kappa shape index (κ2) is 4.17. The third-order valence-corrected chi connectivity index (χ3v) is 6.12. The lowest BCUT2D eigenvalue weighted by molar-refractivity contribution is -0.576. The molecule has 0 aromatic heterocycles. The van der Waals surface area contributed by atoms with Gasteiger partial charge in [-0.3, -0.25) is 0 Å². The molecule has 1 N–H and O–H groups in total. The molecule has 4 heterocycles. The summed E-state index contributed by atoms with van der Waals surface area (Å²) in [5.74, 6) is 0.437. The first-order valence-electron chi connectivity index (χ1n) is 7.84. The minimum Gasteiger partial charge on any atom is -0.368 e. The van der Waals surface area contributed by atoms with Crippen molar-refractivity contribution in [1.29, 1.82) is 0 Å². The van der Waals surface area contributed by atoms with Gasteiger partial charge in [-0.15, -0.1) is 0 Å². The first-order valence-corrected chi connectivity index (χ1v) is 7.84. The second-order valence-electron chi connectivity index (χ2n) is 7.30. The van der Waals surface area contributed by atoms with E-state index < -0.39 is 24.0 Å². The van der Waals surface area contributed by atoms with Crippen LogP contribution in [0.25, 0.3) is 0 Å². The van der Waals surface area contributed by atoms with Gasteiger partial charge in [-0.2, -0.15) is 0 Å². The highest BCUT2D eigenvalue weighted by Crippen LogP contribution is 2.60. The Morgan fingerprint density at radius 3 is 2.65 bits per heavy atom. The molecule has 4 saturated heterocycles. The number of hydrogen-bond acceptors (Lipinski definition) is 5. The van der Waals surface area contributed by atoms with Crippen LogP contribution in [0.15, 0.2) is 0 Å². The monoisotopic (exact) mass is 284 g/mol. The Balaban J connectivity index is 1.82. The average Bonchev–Trinajstić information content (AvgIpc) is 2.63. The molecular weight excluding hydrogens is 260 g/mol. The van der Waals surface area contributed by atoms with Crippen LogP contribution in [0.4, 0.5) is 0 Å². The number of aliphatic hydroxyl groups is 1. The third kappa shape index (κ3) is 1.56. The quantitative estimate of drug-likeness (QED) is 0.691. The van der Waals surface area contributed by atoms with Crippen molar-refractivity contribution < 1.29 is 24.4 Å². The molecule has 5 nitrogen and oxygen atoms in total. The van der Waals surface area contributed by atoms with Gasteiger partial charge in [-0.25, -0.2) is 9.78 Å². The summed E-state index contributed by atoms with van der Waals surface area (Å²) in [4.78, 5) is 11.6. The lowest BCUT2D eigenvalue weighted by Crippen LogP contribution is -2.70. The molecule has 2 bridgehead atoms. The predicted octanol–water partition coefficient (Wildman–Crippen LogP) is 2.19. The van der Waals surface area contributed by atoms with E-state index in [0.29, 0.717) is 11.8 Å². The van der Waals surface area contributed by atoms with Gasteiger partial charge in [0.05, 0.1) is 0 Å². The van der Waals surface area contributed by atoms with Crippen molar-refractivity contribution in [2.75, 3.05) is 0 Å². The van der Waals surface area contributed by atoms with Gasteiger partial charge >= 0.3 is 0 Å². The standard InChI is InChI=1S/C15H24O5/c1-8-4-5-11-9(2)12(16)17-13-15(11)10(8)6-7-14(3,18-13)19-20-15/h8-13,16H,4-7H2,1-3H3/t8?,9-,10?,11?,12+,13-,14+,15-/m1/s1. The zero-order chi connectivity index (χ0) is 14.1. The Morgan fingerprint density at radius 1 is 1.05 bits per heavy atom. The van der Waals surface area contributed by atoms with Crippen LogP contribution >= 0.6 is 0 Å². The summed E-state index contributed by atoms with van der Waals surface area (Å²) in [6.45, 7) is 6.22. The molecule has 1 spiro atoms. The third-order valence-electron chi connectivity index (χ3n) is 6.12. The van der Waals surface area contributed by atoms with Crippen LogP contribution in [0, 0.1) is 23.7 Å². The lowest BCUT2D eigenvalue weighted by Gasteiger charge is -2.59. The zero-order valence-electron chi connectivity index (χ0n) is 12.4. The summed E-state index contributed by atoms with van der Waals surface area (Å²) in [6, 6.07) is 0. The molecule has 8 atom stereocenters. The number of aliphatic hydroxyl groups excluding tert-OH is 1. The zero-order valence-corrected chi connectivity index (χ0v) is 12.4. The highest BCUT2D eigenvalue weighted by Gasteiger charge is 2.69. The van der Waals surface area contributed by atoms with Crippen molar-refractivity contribution in [3.63, 3.8) is 0 Å². The van der Waals surface area contributed by atoms with E-state index in [1.54, 1.807) is 0 Å². The summed E-state index contributed by atoms with van der Waals surface area (Å²) >= 11 is 0. The molecule has 3 unspecified atom stereocenters. The van der Waals surface area contributed by atoms with Crippen LogP contribution in [0.1, 0.15) is 46.5 Å². The van der Waals surface area contributed by atoms with Gasteiger partial charge < -0.3 is 14.6 Å². The summed E-state index contributed by atoms with van der Waals surface area (Å²) in [5.41, 5.74) is -0.549. The maximum atomic E-state index is 10.2. The molecule has 20 heavy (non-hydrogen) atoms. The van der Waals surface area contributed by atoms with E-state index in [4.69, 9.17) is 19.2 Å². The van der Waals surface area contributed by atoms with E-state index in [9.17, 15) is 5.11 Å². The number of rotatable bonds is 0. The number of fused-ring (bicyclic) bond motifs is 2. The fourth-order valence-corrected chi connectivity index (χ4v) is 4.89. The van der Waals surface area contributed by atoms with Gasteiger partial charge in [0, 0.05) is 18.3 Å². The summed E-state index contributed by atoms with van der Waals surface area (Å²) in [5, 5.41) is 10.2. The maximum absolute atomic E-state index is 10.2.